The van der Waals surface area contributed by atoms with Crippen LogP contribution in [0, 0.1) is 11.3 Å². The molecule has 0 unspecified atom stereocenters. The Kier molecular flexibility index (Phi) is 10.6. The van der Waals surface area contributed by atoms with Gasteiger partial charge >= 0.3 is 5.97 Å². The monoisotopic (exact) mass is 701 g/mol. The Hall–Kier alpha value is -6.12. The van der Waals surface area contributed by atoms with E-state index in [4.69, 9.17) is 28.7 Å². The number of nitrogens with zero attached hydrogens (tertiary/aromatic N) is 3. The number of ether oxygens (including phenoxy) is 5. The lowest BCUT2D eigenvalue weighted by atomic mass is 9.93. The van der Waals surface area contributed by atoms with Gasteiger partial charge in [-0.1, -0.05) is 72.0 Å². The van der Waals surface area contributed by atoms with Crippen molar-refractivity contribution in [1.29, 1.82) is 5.26 Å². The molecular formula is C40H35N3O7S. The fourth-order valence-electron chi connectivity index (χ4n) is 5.84. The van der Waals surface area contributed by atoms with Crippen molar-refractivity contribution < 1.29 is 28.5 Å². The lowest BCUT2D eigenvalue weighted by molar-refractivity contribution is -0.138. The molecule has 0 spiro atoms. The van der Waals surface area contributed by atoms with Crippen LogP contribution in [0.2, 0.25) is 0 Å². The van der Waals surface area contributed by atoms with Crippen LogP contribution in [0.1, 0.15) is 47.7 Å². The zero-order valence-electron chi connectivity index (χ0n) is 28.5. The maximum Gasteiger partial charge on any atom is 0.338 e. The summed E-state index contributed by atoms with van der Waals surface area (Å²) in [6.07, 6.45) is 1.77. The maximum absolute atomic E-state index is 14.4. The second-order valence-corrected chi connectivity index (χ2v) is 12.3. The van der Waals surface area contributed by atoms with Crippen LogP contribution >= 0.6 is 11.3 Å². The van der Waals surface area contributed by atoms with E-state index in [0.29, 0.717) is 66.9 Å². The average molecular weight is 702 g/mol. The third-order valence-corrected chi connectivity index (χ3v) is 9.17. The van der Waals surface area contributed by atoms with Gasteiger partial charge in [0.25, 0.3) is 5.56 Å². The average Bonchev–Trinajstić information content (AvgIpc) is 3.47. The van der Waals surface area contributed by atoms with Gasteiger partial charge in [-0.15, -0.1) is 0 Å². The second-order valence-electron chi connectivity index (χ2n) is 11.2. The number of carbonyl (C=O) groups is 1. The van der Waals surface area contributed by atoms with Gasteiger partial charge in [0.2, 0.25) is 0 Å². The molecule has 0 bridgehead atoms. The predicted octanol–water partition coefficient (Wildman–Crippen LogP) is 5.80. The molecule has 2 heterocycles. The standard InChI is InChI=1S/C40H35N3O7S/c1-5-48-33-20-25(16-18-31(33)50-24-29-15-11-10-14-28(29)23-41)21-34-38(44)43-37(27-17-19-30(46-3)32(22-27)47-4)35(39(45)49-6-2)36(42-40(43)51-34)26-12-8-7-9-13-26/h7-22,37H,5-6,24H2,1-4H3/b34-21-/t37-/m1/s1. The smallest absolute Gasteiger partial charge is 0.338 e. The zero-order chi connectivity index (χ0) is 35.9. The van der Waals surface area contributed by atoms with Crippen molar-refractivity contribution in [1.82, 2.24) is 4.57 Å². The number of rotatable bonds is 12. The van der Waals surface area contributed by atoms with Crippen molar-refractivity contribution in [3.05, 3.63) is 144 Å². The van der Waals surface area contributed by atoms with E-state index in [-0.39, 0.29) is 24.3 Å². The van der Waals surface area contributed by atoms with Crippen LogP contribution in [0.4, 0.5) is 0 Å². The number of methoxy groups -OCH3 is 2. The zero-order valence-corrected chi connectivity index (χ0v) is 29.4. The number of aromatic nitrogens is 1. The number of thiazole rings is 1. The minimum atomic E-state index is -0.886. The van der Waals surface area contributed by atoms with Crippen molar-refractivity contribution in [2.75, 3.05) is 27.4 Å². The summed E-state index contributed by atoms with van der Waals surface area (Å²) in [5.41, 5.74) is 3.63. The van der Waals surface area contributed by atoms with Gasteiger partial charge in [-0.25, -0.2) is 9.79 Å². The largest absolute Gasteiger partial charge is 0.493 e. The third-order valence-electron chi connectivity index (χ3n) is 8.18. The van der Waals surface area contributed by atoms with Gasteiger partial charge < -0.3 is 23.7 Å². The molecule has 258 valence electrons. The topological polar surface area (TPSA) is 121 Å². The molecule has 0 fully saturated rings. The molecule has 0 aliphatic carbocycles. The molecule has 0 N–H and O–H groups in total. The van der Waals surface area contributed by atoms with Crippen LogP contribution in [0.3, 0.4) is 0 Å². The molecule has 1 aromatic heterocycles. The van der Waals surface area contributed by atoms with Crippen LogP contribution in [0.5, 0.6) is 23.0 Å². The van der Waals surface area contributed by atoms with Gasteiger partial charge in [-0.2, -0.15) is 5.26 Å². The van der Waals surface area contributed by atoms with E-state index < -0.39 is 12.0 Å². The summed E-state index contributed by atoms with van der Waals surface area (Å²) in [6.45, 7) is 4.32. The van der Waals surface area contributed by atoms with Gasteiger partial charge in [-0.3, -0.25) is 9.36 Å². The molecule has 0 amide bonds. The lowest BCUT2D eigenvalue weighted by Crippen LogP contribution is -2.40. The fourth-order valence-corrected chi connectivity index (χ4v) is 6.84. The summed E-state index contributed by atoms with van der Waals surface area (Å²) in [5.74, 6) is 1.37. The van der Waals surface area contributed by atoms with Crippen molar-refractivity contribution in [2.24, 2.45) is 4.99 Å². The maximum atomic E-state index is 14.4. The second kappa shape index (κ2) is 15.6. The quantitative estimate of drug-likeness (QED) is 0.150. The number of hydrogen-bond donors (Lipinski definition) is 0. The first kappa shape index (κ1) is 34.7. The highest BCUT2D eigenvalue weighted by Crippen LogP contribution is 2.38. The van der Waals surface area contributed by atoms with Crippen molar-refractivity contribution in [2.45, 2.75) is 26.5 Å². The minimum absolute atomic E-state index is 0.139. The van der Waals surface area contributed by atoms with E-state index in [1.807, 2.05) is 61.5 Å². The Labute approximate surface area is 298 Å². The molecule has 0 radical (unpaired) electrons. The number of fused-ring (bicyclic) bond motifs is 1. The SMILES string of the molecule is CCOC(=O)C1=C(c2ccccc2)N=c2s/c(=C\c3ccc(OCc4ccccc4C#N)c(OCC)c3)c(=O)n2[C@@H]1c1ccc(OC)c(OC)c1. The lowest BCUT2D eigenvalue weighted by Gasteiger charge is -2.26. The molecule has 5 aromatic rings. The molecular weight excluding hydrogens is 667 g/mol. The summed E-state index contributed by atoms with van der Waals surface area (Å²) >= 11 is 1.22. The fraction of sp³-hybridized carbons (Fsp3) is 0.200. The van der Waals surface area contributed by atoms with Gasteiger partial charge in [0.15, 0.2) is 27.8 Å². The van der Waals surface area contributed by atoms with Crippen LogP contribution in [0.15, 0.2) is 106 Å². The number of hydrogen-bond acceptors (Lipinski definition) is 10. The summed E-state index contributed by atoms with van der Waals surface area (Å²) in [6, 6.07) is 28.6. The summed E-state index contributed by atoms with van der Waals surface area (Å²) in [7, 11) is 3.07. The van der Waals surface area contributed by atoms with Gasteiger partial charge in [0.1, 0.15) is 6.61 Å². The van der Waals surface area contributed by atoms with Gasteiger partial charge in [0.05, 0.1) is 60.9 Å². The first-order chi connectivity index (χ1) is 24.9. The van der Waals surface area contributed by atoms with Crippen LogP contribution in [-0.2, 0) is 16.1 Å². The van der Waals surface area contributed by atoms with Gasteiger partial charge in [0, 0.05) is 11.1 Å². The third kappa shape index (κ3) is 7.13. The predicted molar refractivity (Wildman–Crippen MR) is 194 cm³/mol. The Balaban J connectivity index is 1.50. The molecule has 10 nitrogen and oxygen atoms in total. The van der Waals surface area contributed by atoms with E-state index in [0.717, 1.165) is 5.56 Å². The van der Waals surface area contributed by atoms with Crippen molar-refractivity contribution >= 4 is 29.1 Å². The normalized spacial score (nSPS) is 13.9. The highest BCUT2D eigenvalue weighted by molar-refractivity contribution is 7.07. The van der Waals surface area contributed by atoms with E-state index in [1.165, 1.54) is 23.0 Å². The summed E-state index contributed by atoms with van der Waals surface area (Å²) in [5, 5.41) is 9.47. The van der Waals surface area contributed by atoms with Crippen LogP contribution < -0.4 is 33.8 Å². The first-order valence-electron chi connectivity index (χ1n) is 16.3. The Bertz CT molecular complexity index is 2340. The summed E-state index contributed by atoms with van der Waals surface area (Å²) in [4.78, 5) is 33.6. The molecule has 1 aliphatic heterocycles. The molecule has 0 saturated heterocycles. The van der Waals surface area contributed by atoms with Crippen molar-refractivity contribution in [3.8, 4) is 29.1 Å². The van der Waals surface area contributed by atoms with Crippen molar-refractivity contribution in [3.63, 3.8) is 0 Å². The van der Waals surface area contributed by atoms with E-state index in [9.17, 15) is 14.9 Å². The highest BCUT2D eigenvalue weighted by atomic mass is 32.1. The molecule has 1 aliphatic rings. The number of nitriles is 1. The molecule has 0 saturated carbocycles. The molecule has 11 heteroatoms. The Morgan fingerprint density at radius 1 is 0.882 bits per heavy atom. The Morgan fingerprint density at radius 3 is 2.35 bits per heavy atom. The number of esters is 1. The van der Waals surface area contributed by atoms with E-state index >= 15 is 0 Å². The van der Waals surface area contributed by atoms with Gasteiger partial charge in [-0.05, 0) is 61.4 Å². The van der Waals surface area contributed by atoms with E-state index in [2.05, 4.69) is 6.07 Å². The minimum Gasteiger partial charge on any atom is -0.493 e. The number of carbonyl (C=O) groups excluding carboxylic acids is 1. The molecule has 6 rings (SSSR count). The number of benzene rings is 4. The first-order valence-corrected chi connectivity index (χ1v) is 17.1. The highest BCUT2D eigenvalue weighted by Gasteiger charge is 2.35. The molecule has 4 aromatic carbocycles. The molecule has 51 heavy (non-hydrogen) atoms. The van der Waals surface area contributed by atoms with Crippen LogP contribution in [0.25, 0.3) is 11.8 Å². The molecule has 1 atom stereocenters. The summed E-state index contributed by atoms with van der Waals surface area (Å²) < 4.78 is 30.6. The van der Waals surface area contributed by atoms with E-state index in [1.54, 1.807) is 56.5 Å². The Morgan fingerprint density at radius 2 is 1.63 bits per heavy atom. The van der Waals surface area contributed by atoms with Crippen LogP contribution in [-0.4, -0.2) is 38.0 Å².